The molecule has 0 spiro atoms. The first-order chi connectivity index (χ1) is 8.09. The van der Waals surface area contributed by atoms with Gasteiger partial charge in [0.15, 0.2) is 0 Å². The molecule has 0 saturated carbocycles. The third-order valence-corrected chi connectivity index (χ3v) is 2.67. The standard InChI is InChI=1S/C11H21N3O3/c1-14(2)11(16)7-13-10(15)8-17-9-3-5-12-6-4-9/h9,12H,3-8H2,1-2H3,(H,13,15). The summed E-state index contributed by atoms with van der Waals surface area (Å²) in [5, 5.41) is 5.76. The SMILES string of the molecule is CN(C)C(=O)CNC(=O)COC1CCNCC1. The lowest BCUT2D eigenvalue weighted by atomic mass is 10.1. The van der Waals surface area contributed by atoms with Crippen molar-refractivity contribution in [2.45, 2.75) is 18.9 Å². The Bertz CT molecular complexity index is 263. The molecule has 1 saturated heterocycles. The van der Waals surface area contributed by atoms with E-state index in [-0.39, 0.29) is 31.1 Å². The number of piperidine rings is 1. The Hall–Kier alpha value is -1.14. The molecular weight excluding hydrogens is 222 g/mol. The van der Waals surface area contributed by atoms with Gasteiger partial charge in [-0.3, -0.25) is 9.59 Å². The Morgan fingerprint density at radius 3 is 2.59 bits per heavy atom. The second kappa shape index (κ2) is 7.24. The second-order valence-electron chi connectivity index (χ2n) is 4.33. The first-order valence-corrected chi connectivity index (χ1v) is 5.88. The van der Waals surface area contributed by atoms with Gasteiger partial charge < -0.3 is 20.3 Å². The summed E-state index contributed by atoms with van der Waals surface area (Å²) in [5.74, 6) is -0.362. The van der Waals surface area contributed by atoms with Gasteiger partial charge in [-0.2, -0.15) is 0 Å². The molecule has 2 N–H and O–H groups in total. The van der Waals surface area contributed by atoms with Crippen LogP contribution in [0, 0.1) is 0 Å². The molecule has 0 aromatic heterocycles. The zero-order valence-corrected chi connectivity index (χ0v) is 10.5. The highest BCUT2D eigenvalue weighted by molar-refractivity contribution is 5.84. The number of carbonyl (C=O) groups is 2. The summed E-state index contributed by atoms with van der Waals surface area (Å²) in [5.41, 5.74) is 0. The van der Waals surface area contributed by atoms with Crippen LogP contribution in [0.2, 0.25) is 0 Å². The summed E-state index contributed by atoms with van der Waals surface area (Å²) in [6, 6.07) is 0. The van der Waals surface area contributed by atoms with Crippen LogP contribution in [-0.4, -0.2) is 63.2 Å². The molecule has 2 amide bonds. The number of amides is 2. The summed E-state index contributed by atoms with van der Waals surface area (Å²) < 4.78 is 5.46. The largest absolute Gasteiger partial charge is 0.368 e. The molecule has 17 heavy (non-hydrogen) atoms. The van der Waals surface area contributed by atoms with Crippen LogP contribution in [0.5, 0.6) is 0 Å². The number of nitrogens with zero attached hydrogens (tertiary/aromatic N) is 1. The van der Waals surface area contributed by atoms with Gasteiger partial charge in [-0.25, -0.2) is 0 Å². The Morgan fingerprint density at radius 2 is 2.00 bits per heavy atom. The fourth-order valence-electron chi connectivity index (χ4n) is 1.54. The molecule has 0 bridgehead atoms. The Kier molecular flexibility index (Phi) is 5.93. The first-order valence-electron chi connectivity index (χ1n) is 5.88. The van der Waals surface area contributed by atoms with Crippen LogP contribution < -0.4 is 10.6 Å². The second-order valence-corrected chi connectivity index (χ2v) is 4.33. The summed E-state index contributed by atoms with van der Waals surface area (Å²) in [7, 11) is 3.31. The summed E-state index contributed by atoms with van der Waals surface area (Å²) in [6.07, 6.45) is 2.03. The maximum absolute atomic E-state index is 11.4. The molecule has 0 atom stereocenters. The monoisotopic (exact) mass is 243 g/mol. The summed E-state index contributed by atoms with van der Waals surface area (Å²) >= 11 is 0. The molecule has 0 radical (unpaired) electrons. The van der Waals surface area contributed by atoms with Gasteiger partial charge in [0.05, 0.1) is 12.6 Å². The van der Waals surface area contributed by atoms with Crippen molar-refractivity contribution in [1.82, 2.24) is 15.5 Å². The molecule has 0 aromatic rings. The van der Waals surface area contributed by atoms with E-state index >= 15 is 0 Å². The minimum Gasteiger partial charge on any atom is -0.368 e. The van der Waals surface area contributed by atoms with Crippen molar-refractivity contribution in [2.75, 3.05) is 40.3 Å². The average molecular weight is 243 g/mol. The fraction of sp³-hybridized carbons (Fsp3) is 0.818. The van der Waals surface area contributed by atoms with E-state index in [9.17, 15) is 9.59 Å². The van der Waals surface area contributed by atoms with Crippen LogP contribution in [0.4, 0.5) is 0 Å². The van der Waals surface area contributed by atoms with E-state index in [0.29, 0.717) is 0 Å². The van der Waals surface area contributed by atoms with Gasteiger partial charge in [0.2, 0.25) is 11.8 Å². The van der Waals surface area contributed by atoms with Crippen LogP contribution in [0.1, 0.15) is 12.8 Å². The lowest BCUT2D eigenvalue weighted by Gasteiger charge is -2.22. The molecule has 1 fully saturated rings. The average Bonchev–Trinajstić information content (AvgIpc) is 2.34. The molecule has 6 nitrogen and oxygen atoms in total. The third kappa shape index (κ3) is 5.65. The van der Waals surface area contributed by atoms with E-state index in [1.54, 1.807) is 14.1 Å². The van der Waals surface area contributed by atoms with E-state index in [2.05, 4.69) is 10.6 Å². The third-order valence-electron chi connectivity index (χ3n) is 2.67. The molecule has 1 aliphatic heterocycles. The summed E-state index contributed by atoms with van der Waals surface area (Å²) in [4.78, 5) is 24.0. The maximum atomic E-state index is 11.4. The van der Waals surface area contributed by atoms with Crippen LogP contribution in [0.3, 0.4) is 0 Å². The zero-order chi connectivity index (χ0) is 12.7. The van der Waals surface area contributed by atoms with E-state index in [1.807, 2.05) is 0 Å². The van der Waals surface area contributed by atoms with Crippen molar-refractivity contribution in [3.05, 3.63) is 0 Å². The van der Waals surface area contributed by atoms with Crippen molar-refractivity contribution in [3.63, 3.8) is 0 Å². The number of nitrogens with one attached hydrogen (secondary N) is 2. The normalized spacial score (nSPS) is 16.6. The predicted molar refractivity (Wildman–Crippen MR) is 63.5 cm³/mol. The molecule has 1 rings (SSSR count). The van der Waals surface area contributed by atoms with Crippen LogP contribution >= 0.6 is 0 Å². The zero-order valence-electron chi connectivity index (χ0n) is 10.5. The fourth-order valence-corrected chi connectivity index (χ4v) is 1.54. The van der Waals surface area contributed by atoms with Crippen LogP contribution in [-0.2, 0) is 14.3 Å². The van der Waals surface area contributed by atoms with E-state index in [1.165, 1.54) is 4.90 Å². The smallest absolute Gasteiger partial charge is 0.246 e. The molecule has 0 unspecified atom stereocenters. The van der Waals surface area contributed by atoms with Gasteiger partial charge in [0, 0.05) is 14.1 Å². The van der Waals surface area contributed by atoms with Gasteiger partial charge >= 0.3 is 0 Å². The predicted octanol–water partition coefficient (Wildman–Crippen LogP) is -1.04. The molecule has 0 aliphatic carbocycles. The van der Waals surface area contributed by atoms with Gasteiger partial charge in [0.25, 0.3) is 0 Å². The lowest BCUT2D eigenvalue weighted by Crippen LogP contribution is -2.39. The number of rotatable bonds is 5. The highest BCUT2D eigenvalue weighted by Crippen LogP contribution is 2.06. The molecule has 1 heterocycles. The van der Waals surface area contributed by atoms with Gasteiger partial charge in [-0.05, 0) is 25.9 Å². The van der Waals surface area contributed by atoms with E-state index < -0.39 is 0 Å². The Balaban J connectivity index is 2.10. The quantitative estimate of drug-likeness (QED) is 0.647. The minimum atomic E-state index is -0.237. The van der Waals surface area contributed by atoms with Crippen molar-refractivity contribution in [1.29, 1.82) is 0 Å². The highest BCUT2D eigenvalue weighted by atomic mass is 16.5. The minimum absolute atomic E-state index is 0.0292. The Labute approximate surface area is 102 Å². The molecular formula is C11H21N3O3. The molecule has 1 aliphatic rings. The highest BCUT2D eigenvalue weighted by Gasteiger charge is 2.15. The maximum Gasteiger partial charge on any atom is 0.246 e. The topological polar surface area (TPSA) is 70.7 Å². The lowest BCUT2D eigenvalue weighted by molar-refractivity contribution is -0.133. The molecule has 98 valence electrons. The van der Waals surface area contributed by atoms with Crippen molar-refractivity contribution >= 4 is 11.8 Å². The summed E-state index contributed by atoms with van der Waals surface area (Å²) in [6.45, 7) is 1.93. The van der Waals surface area contributed by atoms with Gasteiger partial charge in [-0.15, -0.1) is 0 Å². The number of likely N-dealkylation sites (N-methyl/N-ethyl adjacent to an activating group) is 1. The number of carbonyl (C=O) groups excluding carboxylic acids is 2. The van der Waals surface area contributed by atoms with E-state index in [4.69, 9.17) is 4.74 Å². The number of hydrogen-bond acceptors (Lipinski definition) is 4. The first kappa shape index (κ1) is 13.9. The molecule has 0 aromatic carbocycles. The van der Waals surface area contributed by atoms with Crippen LogP contribution in [0.25, 0.3) is 0 Å². The van der Waals surface area contributed by atoms with E-state index in [0.717, 1.165) is 25.9 Å². The number of ether oxygens (including phenoxy) is 1. The van der Waals surface area contributed by atoms with Crippen LogP contribution in [0.15, 0.2) is 0 Å². The van der Waals surface area contributed by atoms with Gasteiger partial charge in [0.1, 0.15) is 6.61 Å². The Morgan fingerprint density at radius 1 is 1.35 bits per heavy atom. The van der Waals surface area contributed by atoms with Crippen molar-refractivity contribution < 1.29 is 14.3 Å². The van der Waals surface area contributed by atoms with Crippen molar-refractivity contribution in [2.24, 2.45) is 0 Å². The van der Waals surface area contributed by atoms with Crippen molar-refractivity contribution in [3.8, 4) is 0 Å². The number of hydrogen-bond donors (Lipinski definition) is 2. The molecule has 6 heteroatoms. The van der Waals surface area contributed by atoms with Gasteiger partial charge in [-0.1, -0.05) is 0 Å².